The van der Waals surface area contributed by atoms with E-state index in [2.05, 4.69) is 36.6 Å². The highest BCUT2D eigenvalue weighted by Crippen LogP contribution is 2.33. The molecule has 2 fully saturated rings. The van der Waals surface area contributed by atoms with Crippen molar-refractivity contribution in [2.75, 3.05) is 78.9 Å². The zero-order valence-corrected chi connectivity index (χ0v) is 36.2. The van der Waals surface area contributed by atoms with Gasteiger partial charge in [-0.1, -0.05) is 18.2 Å². The molecule has 19 heteroatoms. The average Bonchev–Trinajstić information content (AvgIpc) is 3.87. The van der Waals surface area contributed by atoms with Gasteiger partial charge >= 0.3 is 0 Å². The third-order valence-electron chi connectivity index (χ3n) is 11.1. The fraction of sp³-hybridized carbons (Fsp3) is 0.271. The topological polar surface area (TPSA) is 240 Å². The summed E-state index contributed by atoms with van der Waals surface area (Å²) < 4.78 is 16.5. The van der Waals surface area contributed by atoms with E-state index in [0.29, 0.717) is 47.1 Å². The van der Waals surface area contributed by atoms with E-state index < -0.39 is 29.7 Å². The first-order valence-corrected chi connectivity index (χ1v) is 21.7. The zero-order chi connectivity index (χ0) is 46.7. The normalized spacial score (nSPS) is 15.6. The molecule has 0 radical (unpaired) electrons. The van der Waals surface area contributed by atoms with E-state index in [4.69, 9.17) is 14.2 Å². The van der Waals surface area contributed by atoms with Gasteiger partial charge in [-0.15, -0.1) is 0 Å². The summed E-state index contributed by atoms with van der Waals surface area (Å²) in [5, 5.41) is 14.1. The molecule has 3 aliphatic rings. The Morgan fingerprint density at radius 2 is 1.48 bits per heavy atom. The second-order valence-electron chi connectivity index (χ2n) is 15.7. The van der Waals surface area contributed by atoms with Gasteiger partial charge in [-0.05, 0) is 85.1 Å². The van der Waals surface area contributed by atoms with Gasteiger partial charge in [-0.2, -0.15) is 0 Å². The van der Waals surface area contributed by atoms with Crippen LogP contribution < -0.4 is 31.5 Å². The largest absolute Gasteiger partial charge is 0.382 e. The number of anilines is 6. The van der Waals surface area contributed by atoms with Gasteiger partial charge in [0.15, 0.2) is 0 Å². The molecule has 0 aliphatic carbocycles. The molecule has 0 saturated carbocycles. The van der Waals surface area contributed by atoms with Crippen molar-refractivity contribution in [2.45, 2.75) is 31.7 Å². The maximum absolute atomic E-state index is 13.2. The summed E-state index contributed by atoms with van der Waals surface area (Å²) in [6, 6.07) is 23.6. The molecule has 67 heavy (non-hydrogen) atoms. The van der Waals surface area contributed by atoms with Gasteiger partial charge in [0, 0.05) is 60.3 Å². The first-order chi connectivity index (χ1) is 32.6. The number of benzene rings is 3. The molecule has 1 unspecified atom stereocenters. The lowest BCUT2D eigenvalue weighted by Crippen LogP contribution is -2.54. The summed E-state index contributed by atoms with van der Waals surface area (Å²) in [4.78, 5) is 99.2. The van der Waals surface area contributed by atoms with E-state index in [0.717, 1.165) is 34.7 Å². The number of hydrogen-bond acceptors (Lipinski definition) is 14. The molecule has 0 bridgehead atoms. The maximum Gasteiger partial charge on any atom is 0.264 e. The molecule has 1 atom stereocenters. The molecule has 344 valence electrons. The second-order valence-corrected chi connectivity index (χ2v) is 15.7. The van der Waals surface area contributed by atoms with E-state index in [9.17, 15) is 33.6 Å². The Morgan fingerprint density at radius 1 is 0.731 bits per heavy atom. The standard InChI is InChI=1S/C48H47N9O10/c58-41-17-15-39(46(62)55-41)57-47(63)37-3-1-4-38(44(37)48(57)64)50-18-20-65-21-22-66-23-24-67-29-42(59)53-33-11-6-31(7-12-33)45(61)54-35-25-34(27-49-28-35)52-40-16-10-32(26-51-40)30-8-13-36(14-9-30)56-19-2-5-43(56)60/h1,3-4,6-14,16,25-28,39,50H,2,5,15,17-24,29H2,(H,51,52)(H,53,59)(H,54,61)(H,55,58,62). The molecule has 7 amide bonds. The minimum absolute atomic E-state index is 0.0413. The van der Waals surface area contributed by atoms with Crippen LogP contribution in [0.15, 0.2) is 104 Å². The minimum Gasteiger partial charge on any atom is -0.382 e. The summed E-state index contributed by atoms with van der Waals surface area (Å²) in [5.74, 6) is -2.27. The number of imide groups is 2. The Morgan fingerprint density at radius 3 is 2.21 bits per heavy atom. The number of carbonyl (C=O) groups is 7. The fourth-order valence-electron chi connectivity index (χ4n) is 7.75. The van der Waals surface area contributed by atoms with E-state index in [1.54, 1.807) is 54.9 Å². The van der Waals surface area contributed by atoms with Gasteiger partial charge in [0.2, 0.25) is 23.6 Å². The monoisotopic (exact) mass is 909 g/mol. The Bertz CT molecular complexity index is 2660. The van der Waals surface area contributed by atoms with Crippen LogP contribution in [-0.2, 0) is 33.4 Å². The first kappa shape index (κ1) is 45.7. The summed E-state index contributed by atoms with van der Waals surface area (Å²) >= 11 is 0. The Balaban J connectivity index is 0.682. The molecule has 2 aromatic heterocycles. The number of piperidine rings is 1. The van der Waals surface area contributed by atoms with Gasteiger partial charge in [-0.3, -0.25) is 48.8 Å². The maximum atomic E-state index is 13.2. The van der Waals surface area contributed by atoms with Crippen molar-refractivity contribution in [1.82, 2.24) is 20.2 Å². The lowest BCUT2D eigenvalue weighted by atomic mass is 10.0. The van der Waals surface area contributed by atoms with Crippen molar-refractivity contribution in [3.05, 3.63) is 120 Å². The quantitative estimate of drug-likeness (QED) is 0.0523. The van der Waals surface area contributed by atoms with Crippen LogP contribution in [0.25, 0.3) is 11.1 Å². The number of amides is 7. The van der Waals surface area contributed by atoms with Crippen LogP contribution in [0.3, 0.4) is 0 Å². The summed E-state index contributed by atoms with van der Waals surface area (Å²) in [5.41, 5.74) is 5.55. The lowest BCUT2D eigenvalue weighted by Gasteiger charge is -2.27. The van der Waals surface area contributed by atoms with Crippen LogP contribution in [0.5, 0.6) is 0 Å². The molecule has 19 nitrogen and oxygen atoms in total. The fourth-order valence-corrected chi connectivity index (χ4v) is 7.75. The SMILES string of the molecule is O=C1CCC(N2C(=O)c3cccc(NCCOCCOCCOCC(=O)Nc4ccc(C(=O)Nc5cncc(Nc6ccc(-c7ccc(N8CCCC8=O)cc7)cn6)c5)cc4)c3C2=O)C(=O)N1. The number of pyridine rings is 2. The third-order valence-corrected chi connectivity index (χ3v) is 11.1. The van der Waals surface area contributed by atoms with Crippen LogP contribution >= 0.6 is 0 Å². The van der Waals surface area contributed by atoms with Gasteiger partial charge in [0.05, 0.1) is 67.9 Å². The molecular weight excluding hydrogens is 863 g/mol. The Kier molecular flexibility index (Phi) is 14.6. The van der Waals surface area contributed by atoms with Crippen molar-refractivity contribution in [3.8, 4) is 11.1 Å². The zero-order valence-electron chi connectivity index (χ0n) is 36.2. The number of nitrogens with one attached hydrogen (secondary N) is 5. The lowest BCUT2D eigenvalue weighted by molar-refractivity contribution is -0.136. The highest BCUT2D eigenvalue weighted by atomic mass is 16.5. The smallest absolute Gasteiger partial charge is 0.264 e. The average molecular weight is 910 g/mol. The van der Waals surface area contributed by atoms with Crippen molar-refractivity contribution < 1.29 is 47.8 Å². The molecule has 8 rings (SSSR count). The molecule has 3 aromatic carbocycles. The van der Waals surface area contributed by atoms with Gasteiger partial charge in [-0.25, -0.2) is 4.98 Å². The molecule has 5 aromatic rings. The minimum atomic E-state index is -1.04. The van der Waals surface area contributed by atoms with Crippen molar-refractivity contribution in [1.29, 1.82) is 0 Å². The van der Waals surface area contributed by atoms with Crippen molar-refractivity contribution >= 4 is 75.6 Å². The Hall–Kier alpha value is -7.87. The van der Waals surface area contributed by atoms with E-state index in [1.165, 1.54) is 12.3 Å². The van der Waals surface area contributed by atoms with E-state index >= 15 is 0 Å². The van der Waals surface area contributed by atoms with Gasteiger partial charge < -0.3 is 40.4 Å². The van der Waals surface area contributed by atoms with Crippen LogP contribution in [-0.4, -0.2) is 115 Å². The highest BCUT2D eigenvalue weighted by Gasteiger charge is 2.45. The third kappa shape index (κ3) is 11.3. The number of aromatic nitrogens is 2. The van der Waals surface area contributed by atoms with E-state index in [-0.39, 0.29) is 81.3 Å². The number of nitrogens with zero attached hydrogens (tertiary/aromatic N) is 4. The van der Waals surface area contributed by atoms with Crippen LogP contribution in [0, 0.1) is 0 Å². The van der Waals surface area contributed by atoms with E-state index in [1.807, 2.05) is 41.3 Å². The summed E-state index contributed by atoms with van der Waals surface area (Å²) in [7, 11) is 0. The summed E-state index contributed by atoms with van der Waals surface area (Å²) in [6.45, 7) is 2.10. The predicted molar refractivity (Wildman–Crippen MR) is 246 cm³/mol. The van der Waals surface area contributed by atoms with Crippen molar-refractivity contribution in [3.63, 3.8) is 0 Å². The molecular formula is C48H47N9O10. The van der Waals surface area contributed by atoms with Crippen LogP contribution in [0.4, 0.5) is 34.3 Å². The van der Waals surface area contributed by atoms with Gasteiger partial charge in [0.25, 0.3) is 17.7 Å². The van der Waals surface area contributed by atoms with Crippen LogP contribution in [0.1, 0.15) is 56.8 Å². The molecule has 0 spiro atoms. The number of ether oxygens (including phenoxy) is 3. The predicted octanol–water partition coefficient (Wildman–Crippen LogP) is 4.77. The van der Waals surface area contributed by atoms with Crippen LogP contribution in [0.2, 0.25) is 0 Å². The Labute approximate surface area is 384 Å². The van der Waals surface area contributed by atoms with Crippen molar-refractivity contribution in [2.24, 2.45) is 0 Å². The number of hydrogen-bond donors (Lipinski definition) is 5. The molecule has 2 saturated heterocycles. The first-order valence-electron chi connectivity index (χ1n) is 21.7. The molecule has 3 aliphatic heterocycles. The second kappa shape index (κ2) is 21.4. The van der Waals surface area contributed by atoms with Gasteiger partial charge in [0.1, 0.15) is 18.5 Å². The molecule has 5 N–H and O–H groups in total. The number of fused-ring (bicyclic) bond motifs is 1. The number of carbonyl (C=O) groups excluding carboxylic acids is 7. The molecule has 5 heterocycles. The summed E-state index contributed by atoms with van der Waals surface area (Å²) in [6.07, 6.45) is 6.49. The highest BCUT2D eigenvalue weighted by molar-refractivity contribution is 6.25. The number of rotatable bonds is 20.